The summed E-state index contributed by atoms with van der Waals surface area (Å²) >= 11 is 0. The van der Waals surface area contributed by atoms with Crippen LogP contribution in [0.3, 0.4) is 0 Å². The molecular formula is C20H23N5O2. The van der Waals surface area contributed by atoms with Crippen molar-refractivity contribution in [3.8, 4) is 5.75 Å². The highest BCUT2D eigenvalue weighted by Gasteiger charge is 2.21. The van der Waals surface area contributed by atoms with Gasteiger partial charge in [0.1, 0.15) is 5.75 Å². The van der Waals surface area contributed by atoms with Gasteiger partial charge in [-0.3, -0.25) is 9.69 Å². The number of piperazine rings is 1. The van der Waals surface area contributed by atoms with Gasteiger partial charge in [-0.1, -0.05) is 24.3 Å². The zero-order valence-corrected chi connectivity index (χ0v) is 15.3. The predicted octanol–water partition coefficient (Wildman–Crippen LogP) is 2.33. The molecule has 4 rings (SSSR count). The fraction of sp³-hybridized carbons (Fsp3) is 0.300. The number of imidazole rings is 1. The number of benzene rings is 2. The van der Waals surface area contributed by atoms with Crippen molar-refractivity contribution in [3.63, 3.8) is 0 Å². The van der Waals surface area contributed by atoms with Crippen molar-refractivity contribution in [1.82, 2.24) is 14.9 Å². The number of hydrogen-bond acceptors (Lipinski definition) is 5. The van der Waals surface area contributed by atoms with E-state index < -0.39 is 0 Å². The van der Waals surface area contributed by atoms with Crippen molar-refractivity contribution in [2.75, 3.05) is 50.1 Å². The van der Waals surface area contributed by atoms with Gasteiger partial charge in [0.05, 0.1) is 30.4 Å². The molecular weight excluding hydrogens is 342 g/mol. The molecule has 2 heterocycles. The average Bonchev–Trinajstić information content (AvgIpc) is 3.13. The Balaban J connectivity index is 1.32. The van der Waals surface area contributed by atoms with Crippen molar-refractivity contribution in [3.05, 3.63) is 48.5 Å². The number of hydrogen-bond donors (Lipinski definition) is 2. The molecule has 1 fully saturated rings. The largest absolute Gasteiger partial charge is 0.495 e. The number of rotatable bonds is 5. The molecule has 7 nitrogen and oxygen atoms in total. The molecule has 1 aliphatic heterocycles. The lowest BCUT2D eigenvalue weighted by atomic mass is 10.3. The Hall–Kier alpha value is -3.06. The average molecular weight is 365 g/mol. The van der Waals surface area contributed by atoms with Crippen LogP contribution < -0.4 is 15.0 Å². The minimum atomic E-state index is -0.0308. The lowest BCUT2D eigenvalue weighted by molar-refractivity contribution is -0.117. The number of fused-ring (bicyclic) bond motifs is 1. The second kappa shape index (κ2) is 7.67. The number of para-hydroxylation sites is 4. The second-order valence-electron chi connectivity index (χ2n) is 6.59. The highest BCUT2D eigenvalue weighted by molar-refractivity contribution is 5.93. The summed E-state index contributed by atoms with van der Waals surface area (Å²) in [6.45, 7) is 3.67. The number of nitrogens with zero attached hydrogens (tertiary/aromatic N) is 3. The van der Waals surface area contributed by atoms with Crippen molar-refractivity contribution < 1.29 is 9.53 Å². The van der Waals surface area contributed by atoms with Gasteiger partial charge in [0, 0.05) is 26.2 Å². The van der Waals surface area contributed by atoms with Gasteiger partial charge in [-0.25, -0.2) is 4.98 Å². The molecule has 0 radical (unpaired) electrons. The van der Waals surface area contributed by atoms with E-state index in [1.165, 1.54) is 0 Å². The number of aromatic nitrogens is 2. The Kier molecular flexibility index (Phi) is 4.93. The molecule has 7 heteroatoms. The van der Waals surface area contributed by atoms with Gasteiger partial charge in [0.25, 0.3) is 0 Å². The number of carbonyl (C=O) groups excluding carboxylic acids is 1. The van der Waals surface area contributed by atoms with Crippen molar-refractivity contribution >= 4 is 28.6 Å². The van der Waals surface area contributed by atoms with Crippen LogP contribution in [0.5, 0.6) is 5.75 Å². The Morgan fingerprint density at radius 1 is 1.11 bits per heavy atom. The van der Waals surface area contributed by atoms with Crippen molar-refractivity contribution in [1.29, 1.82) is 0 Å². The van der Waals surface area contributed by atoms with E-state index in [1.54, 1.807) is 7.11 Å². The number of nitrogens with one attached hydrogen (secondary N) is 2. The van der Waals surface area contributed by atoms with Crippen molar-refractivity contribution in [2.24, 2.45) is 0 Å². The van der Waals surface area contributed by atoms with Crippen LogP contribution in [0, 0.1) is 0 Å². The van der Waals surface area contributed by atoms with Gasteiger partial charge < -0.3 is 19.9 Å². The molecule has 1 aromatic heterocycles. The zero-order valence-electron chi connectivity index (χ0n) is 15.3. The highest BCUT2D eigenvalue weighted by Crippen LogP contribution is 2.23. The monoisotopic (exact) mass is 365 g/mol. The normalized spacial score (nSPS) is 15.1. The second-order valence-corrected chi connectivity index (χ2v) is 6.59. The first-order chi connectivity index (χ1) is 13.2. The van der Waals surface area contributed by atoms with Crippen LogP contribution in [0.1, 0.15) is 0 Å². The maximum atomic E-state index is 12.4. The molecule has 0 bridgehead atoms. The third-order valence-corrected chi connectivity index (χ3v) is 4.80. The summed E-state index contributed by atoms with van der Waals surface area (Å²) < 4.78 is 5.28. The van der Waals surface area contributed by atoms with Gasteiger partial charge in [0.2, 0.25) is 11.9 Å². The Morgan fingerprint density at radius 3 is 2.63 bits per heavy atom. The third-order valence-electron chi connectivity index (χ3n) is 4.80. The molecule has 2 N–H and O–H groups in total. The number of ether oxygens (including phenoxy) is 1. The molecule has 0 saturated carbocycles. The summed E-state index contributed by atoms with van der Waals surface area (Å²) in [5.41, 5.74) is 2.73. The molecule has 0 atom stereocenters. The van der Waals surface area contributed by atoms with E-state index in [4.69, 9.17) is 4.74 Å². The first-order valence-electron chi connectivity index (χ1n) is 9.08. The zero-order chi connectivity index (χ0) is 18.6. The lowest BCUT2D eigenvalue weighted by Crippen LogP contribution is -2.49. The Labute approximate surface area is 157 Å². The number of aromatic amines is 1. The number of methoxy groups -OCH3 is 1. The smallest absolute Gasteiger partial charge is 0.238 e. The maximum absolute atomic E-state index is 12.4. The lowest BCUT2D eigenvalue weighted by Gasteiger charge is -2.34. The van der Waals surface area contributed by atoms with Gasteiger partial charge in [-0.15, -0.1) is 0 Å². The molecule has 0 aliphatic carbocycles. The summed E-state index contributed by atoms with van der Waals surface area (Å²) in [5, 5.41) is 2.93. The molecule has 140 valence electrons. The SMILES string of the molecule is COc1ccccc1NC(=O)CN1CCN(c2nc3ccccc3[nH]2)CC1. The standard InChI is InChI=1S/C20H23N5O2/c1-27-18-9-5-4-8-17(18)21-19(26)14-24-10-12-25(13-11-24)20-22-15-6-2-3-7-16(15)23-20/h2-9H,10-14H2,1H3,(H,21,26)(H,22,23). The minimum Gasteiger partial charge on any atom is -0.495 e. The Morgan fingerprint density at radius 2 is 1.85 bits per heavy atom. The topological polar surface area (TPSA) is 73.5 Å². The molecule has 2 aromatic carbocycles. The van der Waals surface area contributed by atoms with Crippen LogP contribution >= 0.6 is 0 Å². The van der Waals surface area contributed by atoms with E-state index in [-0.39, 0.29) is 5.91 Å². The van der Waals surface area contributed by atoms with E-state index in [0.717, 1.165) is 43.2 Å². The van der Waals surface area contributed by atoms with Crippen LogP contribution in [-0.2, 0) is 4.79 Å². The fourth-order valence-electron chi connectivity index (χ4n) is 3.35. The van der Waals surface area contributed by atoms with Gasteiger partial charge in [-0.2, -0.15) is 0 Å². The highest BCUT2D eigenvalue weighted by atomic mass is 16.5. The number of H-pyrrole nitrogens is 1. The van der Waals surface area contributed by atoms with Crippen LogP contribution in [0.2, 0.25) is 0 Å². The minimum absolute atomic E-state index is 0.0308. The number of carbonyl (C=O) groups is 1. The number of anilines is 2. The van der Waals surface area contributed by atoms with Gasteiger partial charge in [-0.05, 0) is 24.3 Å². The molecule has 1 saturated heterocycles. The van der Waals surface area contributed by atoms with E-state index in [2.05, 4.69) is 25.1 Å². The first kappa shape index (κ1) is 17.4. The van der Waals surface area contributed by atoms with Crippen LogP contribution in [0.15, 0.2) is 48.5 Å². The van der Waals surface area contributed by atoms with E-state index >= 15 is 0 Å². The van der Waals surface area contributed by atoms with Crippen LogP contribution in [0.4, 0.5) is 11.6 Å². The fourth-order valence-corrected chi connectivity index (χ4v) is 3.35. The van der Waals surface area contributed by atoms with E-state index in [1.807, 2.05) is 48.5 Å². The first-order valence-corrected chi connectivity index (χ1v) is 9.08. The third kappa shape index (κ3) is 3.88. The van der Waals surface area contributed by atoms with Gasteiger partial charge >= 0.3 is 0 Å². The summed E-state index contributed by atoms with van der Waals surface area (Å²) in [4.78, 5) is 24.8. The quantitative estimate of drug-likeness (QED) is 0.726. The van der Waals surface area contributed by atoms with E-state index in [9.17, 15) is 4.79 Å². The summed E-state index contributed by atoms with van der Waals surface area (Å²) in [6, 6.07) is 15.5. The van der Waals surface area contributed by atoms with Crippen molar-refractivity contribution in [2.45, 2.75) is 0 Å². The molecule has 0 unspecified atom stereocenters. The maximum Gasteiger partial charge on any atom is 0.238 e. The molecule has 27 heavy (non-hydrogen) atoms. The van der Waals surface area contributed by atoms with E-state index in [0.29, 0.717) is 18.0 Å². The van der Waals surface area contributed by atoms with Gasteiger partial charge in [0.15, 0.2) is 0 Å². The summed E-state index contributed by atoms with van der Waals surface area (Å²) in [7, 11) is 1.60. The molecule has 0 spiro atoms. The summed E-state index contributed by atoms with van der Waals surface area (Å²) in [6.07, 6.45) is 0. The molecule has 1 amide bonds. The number of amides is 1. The molecule has 1 aliphatic rings. The Bertz CT molecular complexity index is 898. The summed E-state index contributed by atoms with van der Waals surface area (Å²) in [5.74, 6) is 1.53. The van der Waals surface area contributed by atoms with Crippen LogP contribution in [0.25, 0.3) is 11.0 Å². The predicted molar refractivity (Wildman–Crippen MR) is 106 cm³/mol. The molecule has 3 aromatic rings. The van der Waals surface area contributed by atoms with Crippen LogP contribution in [-0.4, -0.2) is 60.6 Å².